The highest BCUT2D eigenvalue weighted by atomic mass is 32.2. The molecule has 1 heterocycles. The van der Waals surface area contributed by atoms with Crippen LogP contribution in [-0.4, -0.2) is 26.8 Å². The lowest BCUT2D eigenvalue weighted by atomic mass is 10.4. The SMILES string of the molecule is O=S(=O)(c1ccccc1)[C@@H]1CC[NH2+]C1. The first-order valence-corrected chi connectivity index (χ1v) is 6.36. The molecule has 1 fully saturated rings. The molecule has 0 aliphatic carbocycles. The standard InChI is InChI=1S/C10H13NO2S/c12-14(13,10-6-7-11-8-10)9-4-2-1-3-5-9/h1-5,10-11H,6-8H2/p+1/t10-/m1/s1. The first-order valence-electron chi connectivity index (χ1n) is 4.82. The molecule has 0 bridgehead atoms. The predicted molar refractivity (Wildman–Crippen MR) is 53.7 cm³/mol. The van der Waals surface area contributed by atoms with Crippen molar-refractivity contribution in [3.63, 3.8) is 0 Å². The molecule has 1 aliphatic heterocycles. The summed E-state index contributed by atoms with van der Waals surface area (Å²) in [5.41, 5.74) is 0. The molecule has 1 aromatic rings. The Morgan fingerprint density at radius 1 is 1.21 bits per heavy atom. The lowest BCUT2D eigenvalue weighted by Gasteiger charge is -2.07. The van der Waals surface area contributed by atoms with E-state index in [1.54, 1.807) is 24.3 Å². The summed E-state index contributed by atoms with van der Waals surface area (Å²) in [7, 11) is -3.07. The van der Waals surface area contributed by atoms with Gasteiger partial charge in [0.05, 0.1) is 18.0 Å². The molecule has 1 saturated heterocycles. The molecule has 4 heteroatoms. The van der Waals surface area contributed by atoms with Crippen molar-refractivity contribution in [3.05, 3.63) is 30.3 Å². The van der Waals surface area contributed by atoms with Crippen molar-refractivity contribution < 1.29 is 13.7 Å². The van der Waals surface area contributed by atoms with Crippen LogP contribution in [-0.2, 0) is 9.84 Å². The molecule has 0 spiro atoms. The second kappa shape index (κ2) is 3.71. The fourth-order valence-electron chi connectivity index (χ4n) is 1.81. The van der Waals surface area contributed by atoms with Crippen molar-refractivity contribution in [2.75, 3.05) is 13.1 Å². The number of hydrogen-bond donors (Lipinski definition) is 1. The zero-order chi connectivity index (χ0) is 10.0. The number of quaternary nitrogens is 1. The molecule has 1 atom stereocenters. The summed E-state index contributed by atoms with van der Waals surface area (Å²) in [4.78, 5) is 0.459. The number of benzene rings is 1. The Balaban J connectivity index is 2.33. The number of nitrogens with two attached hydrogens (primary N) is 1. The van der Waals surface area contributed by atoms with E-state index >= 15 is 0 Å². The van der Waals surface area contributed by atoms with Crippen LogP contribution in [0.2, 0.25) is 0 Å². The number of hydrogen-bond acceptors (Lipinski definition) is 2. The Kier molecular flexibility index (Phi) is 2.56. The third-order valence-electron chi connectivity index (χ3n) is 2.63. The first-order chi connectivity index (χ1) is 6.71. The zero-order valence-electron chi connectivity index (χ0n) is 7.89. The number of rotatable bonds is 2. The summed E-state index contributed by atoms with van der Waals surface area (Å²) in [6.07, 6.45) is 0.775. The third kappa shape index (κ3) is 1.67. The van der Waals surface area contributed by atoms with Gasteiger partial charge in [-0.25, -0.2) is 8.42 Å². The van der Waals surface area contributed by atoms with E-state index in [1.165, 1.54) is 0 Å². The van der Waals surface area contributed by atoms with Crippen LogP contribution in [0.15, 0.2) is 35.2 Å². The van der Waals surface area contributed by atoms with Crippen molar-refractivity contribution in [1.82, 2.24) is 0 Å². The maximum absolute atomic E-state index is 12.0. The Hall–Kier alpha value is -0.870. The van der Waals surface area contributed by atoms with Gasteiger partial charge in [-0.3, -0.25) is 0 Å². The molecule has 1 aliphatic rings. The summed E-state index contributed by atoms with van der Waals surface area (Å²) < 4.78 is 24.0. The lowest BCUT2D eigenvalue weighted by molar-refractivity contribution is -0.635. The van der Waals surface area contributed by atoms with Crippen LogP contribution in [0.5, 0.6) is 0 Å². The maximum Gasteiger partial charge on any atom is 0.186 e. The normalized spacial score (nSPS) is 22.4. The van der Waals surface area contributed by atoms with Gasteiger partial charge in [0.2, 0.25) is 0 Å². The molecule has 2 N–H and O–H groups in total. The van der Waals surface area contributed by atoms with Crippen molar-refractivity contribution in [2.45, 2.75) is 16.6 Å². The summed E-state index contributed by atoms with van der Waals surface area (Å²) in [5, 5.41) is 1.87. The second-order valence-electron chi connectivity index (χ2n) is 3.58. The molecule has 0 unspecified atom stereocenters. The average molecular weight is 212 g/mol. The minimum Gasteiger partial charge on any atom is -0.345 e. The van der Waals surface area contributed by atoms with Gasteiger partial charge in [-0.05, 0) is 12.1 Å². The Morgan fingerprint density at radius 2 is 1.93 bits per heavy atom. The van der Waals surface area contributed by atoms with Gasteiger partial charge in [-0.1, -0.05) is 18.2 Å². The highest BCUT2D eigenvalue weighted by Crippen LogP contribution is 2.17. The average Bonchev–Trinajstić information content (AvgIpc) is 2.72. The van der Waals surface area contributed by atoms with E-state index in [9.17, 15) is 8.42 Å². The highest BCUT2D eigenvalue weighted by molar-refractivity contribution is 7.92. The van der Waals surface area contributed by atoms with Crippen LogP contribution in [0.1, 0.15) is 6.42 Å². The van der Waals surface area contributed by atoms with Gasteiger partial charge >= 0.3 is 0 Å². The first kappa shape index (κ1) is 9.68. The van der Waals surface area contributed by atoms with Gasteiger partial charge in [0.25, 0.3) is 0 Å². The number of sulfone groups is 1. The summed E-state index contributed by atoms with van der Waals surface area (Å²) in [6.45, 7) is 1.63. The zero-order valence-corrected chi connectivity index (χ0v) is 8.70. The Morgan fingerprint density at radius 3 is 2.50 bits per heavy atom. The lowest BCUT2D eigenvalue weighted by Crippen LogP contribution is -2.81. The molecule has 3 nitrogen and oxygen atoms in total. The maximum atomic E-state index is 12.0. The van der Waals surface area contributed by atoms with Gasteiger partial charge < -0.3 is 5.32 Å². The highest BCUT2D eigenvalue weighted by Gasteiger charge is 2.32. The fourth-order valence-corrected chi connectivity index (χ4v) is 3.57. The quantitative estimate of drug-likeness (QED) is 0.738. The van der Waals surface area contributed by atoms with E-state index < -0.39 is 9.84 Å². The van der Waals surface area contributed by atoms with E-state index in [0.717, 1.165) is 13.0 Å². The van der Waals surface area contributed by atoms with Crippen molar-refractivity contribution in [1.29, 1.82) is 0 Å². The molecule has 0 aromatic heterocycles. The molecule has 0 saturated carbocycles. The van der Waals surface area contributed by atoms with Crippen molar-refractivity contribution >= 4 is 9.84 Å². The summed E-state index contributed by atoms with van der Waals surface area (Å²) in [6, 6.07) is 8.72. The molecule has 0 amide bonds. The van der Waals surface area contributed by atoms with Crippen LogP contribution < -0.4 is 5.32 Å². The largest absolute Gasteiger partial charge is 0.345 e. The summed E-state index contributed by atoms with van der Waals surface area (Å²) >= 11 is 0. The molecule has 2 rings (SSSR count). The minimum atomic E-state index is -3.07. The van der Waals surface area contributed by atoms with E-state index in [4.69, 9.17) is 0 Å². The minimum absolute atomic E-state index is 0.190. The van der Waals surface area contributed by atoms with E-state index in [1.807, 2.05) is 6.07 Å². The smallest absolute Gasteiger partial charge is 0.186 e. The molecule has 1 aromatic carbocycles. The van der Waals surface area contributed by atoms with Crippen LogP contribution in [0.4, 0.5) is 0 Å². The summed E-state index contributed by atoms with van der Waals surface area (Å²) in [5.74, 6) is 0. The van der Waals surface area contributed by atoms with Crippen molar-refractivity contribution in [3.8, 4) is 0 Å². The molecule has 76 valence electrons. The van der Waals surface area contributed by atoms with E-state index in [0.29, 0.717) is 11.4 Å². The monoisotopic (exact) mass is 212 g/mol. The van der Waals surface area contributed by atoms with Crippen LogP contribution in [0.3, 0.4) is 0 Å². The predicted octanol–water partition coefficient (Wildman–Crippen LogP) is -0.204. The Bertz CT molecular complexity index is 393. The van der Waals surface area contributed by atoms with Crippen LogP contribution in [0, 0.1) is 0 Å². The fraction of sp³-hybridized carbons (Fsp3) is 0.400. The van der Waals surface area contributed by atoms with Crippen LogP contribution >= 0.6 is 0 Å². The van der Waals surface area contributed by atoms with Gasteiger partial charge in [0.1, 0.15) is 5.25 Å². The second-order valence-corrected chi connectivity index (χ2v) is 5.81. The topological polar surface area (TPSA) is 50.8 Å². The van der Waals surface area contributed by atoms with E-state index in [2.05, 4.69) is 5.32 Å². The third-order valence-corrected chi connectivity index (χ3v) is 4.87. The molecule has 0 radical (unpaired) electrons. The molecular weight excluding hydrogens is 198 g/mol. The van der Waals surface area contributed by atoms with Crippen LogP contribution in [0.25, 0.3) is 0 Å². The van der Waals surface area contributed by atoms with Crippen molar-refractivity contribution in [2.24, 2.45) is 0 Å². The van der Waals surface area contributed by atoms with Gasteiger partial charge in [-0.2, -0.15) is 0 Å². The van der Waals surface area contributed by atoms with Gasteiger partial charge in [0.15, 0.2) is 9.84 Å². The molecular formula is C10H14NO2S+. The Labute approximate surface area is 84.1 Å². The molecule has 14 heavy (non-hydrogen) atoms. The van der Waals surface area contributed by atoms with Gasteiger partial charge in [0, 0.05) is 6.42 Å². The van der Waals surface area contributed by atoms with E-state index in [-0.39, 0.29) is 5.25 Å². The van der Waals surface area contributed by atoms with Gasteiger partial charge in [-0.15, -0.1) is 0 Å².